The summed E-state index contributed by atoms with van der Waals surface area (Å²) in [7, 11) is 0. The molecule has 1 saturated heterocycles. The first-order chi connectivity index (χ1) is 13.3. The minimum atomic E-state index is -0.461. The molecule has 7 heteroatoms. The van der Waals surface area contributed by atoms with Gasteiger partial charge in [0.15, 0.2) is 5.78 Å². The van der Waals surface area contributed by atoms with Crippen LogP contribution >= 0.6 is 23.2 Å². The van der Waals surface area contributed by atoms with Crippen molar-refractivity contribution in [2.45, 2.75) is 52.1 Å². The summed E-state index contributed by atoms with van der Waals surface area (Å²) in [6, 6.07) is 3.70. The van der Waals surface area contributed by atoms with Gasteiger partial charge in [-0.1, -0.05) is 30.1 Å². The van der Waals surface area contributed by atoms with E-state index < -0.39 is 5.60 Å². The summed E-state index contributed by atoms with van der Waals surface area (Å²) in [5.74, 6) is 2.37. The Hall–Kier alpha value is -1.85. The van der Waals surface area contributed by atoms with Crippen molar-refractivity contribution in [3.05, 3.63) is 44.8 Å². The number of carbonyl (C=O) groups excluding carboxylic acids is 1. The maximum atomic E-state index is 12.9. The number of Topliss-reactive ketones (excluding diaryl/α,β-unsaturated/α-hetero) is 1. The van der Waals surface area contributed by atoms with Crippen molar-refractivity contribution >= 4 is 34.8 Å². The minimum absolute atomic E-state index is 0.118. The molecular formula is C21H23Cl2N3O2. The minimum Gasteiger partial charge on any atom is -0.486 e. The molecule has 2 aliphatic rings. The second-order valence-corrected chi connectivity index (χ2v) is 8.46. The maximum Gasteiger partial charge on any atom is 0.170 e. The zero-order valence-electron chi connectivity index (χ0n) is 16.3. The van der Waals surface area contributed by atoms with E-state index >= 15 is 0 Å². The highest BCUT2D eigenvalue weighted by Gasteiger charge is 2.44. The van der Waals surface area contributed by atoms with Gasteiger partial charge in [0.25, 0.3) is 0 Å². The number of aryl methyl sites for hydroxylation is 2. The Morgan fingerprint density at radius 1 is 1.18 bits per heavy atom. The molecule has 1 spiro atoms. The molecule has 0 amide bonds. The highest BCUT2D eigenvalue weighted by Crippen LogP contribution is 2.43. The molecule has 0 aliphatic carbocycles. The number of fused-ring (bicyclic) bond motifs is 1. The summed E-state index contributed by atoms with van der Waals surface area (Å²) < 4.78 is 6.44. The third-order valence-electron chi connectivity index (χ3n) is 5.78. The third kappa shape index (κ3) is 3.35. The Labute approximate surface area is 175 Å². The number of benzene rings is 1. The van der Waals surface area contributed by atoms with Crippen LogP contribution in [-0.2, 0) is 6.42 Å². The van der Waals surface area contributed by atoms with Crippen LogP contribution in [0.5, 0.6) is 5.75 Å². The predicted molar refractivity (Wildman–Crippen MR) is 111 cm³/mol. The molecule has 2 aromatic rings. The molecule has 0 radical (unpaired) electrons. The number of nitrogens with zero attached hydrogens (tertiary/aromatic N) is 3. The molecule has 0 bridgehead atoms. The fraction of sp³-hybridized carbons (Fsp3) is 0.476. The van der Waals surface area contributed by atoms with E-state index in [1.165, 1.54) is 0 Å². The zero-order chi connectivity index (χ0) is 20.1. The Morgan fingerprint density at radius 2 is 1.89 bits per heavy atom. The molecule has 1 aromatic heterocycles. The van der Waals surface area contributed by atoms with Crippen molar-refractivity contribution in [2.24, 2.45) is 0 Å². The van der Waals surface area contributed by atoms with E-state index in [0.29, 0.717) is 27.9 Å². The number of anilines is 1. The molecule has 0 saturated carbocycles. The lowest BCUT2D eigenvalue weighted by Crippen LogP contribution is -2.51. The molecule has 0 N–H and O–H groups in total. The molecule has 1 fully saturated rings. The number of hydrogen-bond acceptors (Lipinski definition) is 5. The number of hydrogen-bond donors (Lipinski definition) is 0. The Kier molecular flexibility index (Phi) is 5.00. The number of ketones is 1. The highest BCUT2D eigenvalue weighted by molar-refractivity contribution is 6.32. The van der Waals surface area contributed by atoms with Crippen molar-refractivity contribution in [2.75, 3.05) is 18.0 Å². The molecule has 4 rings (SSSR count). The first-order valence-electron chi connectivity index (χ1n) is 9.62. The average Bonchev–Trinajstić information content (AvgIpc) is 2.65. The third-order valence-corrected chi connectivity index (χ3v) is 6.55. The maximum absolute atomic E-state index is 12.9. The molecular weight excluding hydrogens is 397 g/mol. The zero-order valence-corrected chi connectivity index (χ0v) is 17.8. The van der Waals surface area contributed by atoms with Crippen LogP contribution in [0.1, 0.15) is 53.5 Å². The van der Waals surface area contributed by atoms with E-state index in [-0.39, 0.29) is 5.78 Å². The quantitative estimate of drug-likeness (QED) is 0.643. The topological polar surface area (TPSA) is 55.3 Å². The monoisotopic (exact) mass is 419 g/mol. The number of rotatable bonds is 2. The number of piperidine rings is 1. The van der Waals surface area contributed by atoms with Crippen molar-refractivity contribution in [1.29, 1.82) is 0 Å². The van der Waals surface area contributed by atoms with Gasteiger partial charge in [0, 0.05) is 43.4 Å². The lowest BCUT2D eigenvalue weighted by Gasteiger charge is -2.44. The van der Waals surface area contributed by atoms with Crippen LogP contribution in [0, 0.1) is 13.8 Å². The van der Waals surface area contributed by atoms with Gasteiger partial charge >= 0.3 is 0 Å². The van der Waals surface area contributed by atoms with Gasteiger partial charge in [0.1, 0.15) is 28.1 Å². The van der Waals surface area contributed by atoms with Crippen LogP contribution in [-0.4, -0.2) is 34.4 Å². The highest BCUT2D eigenvalue weighted by atomic mass is 35.5. The van der Waals surface area contributed by atoms with Crippen LogP contribution in [0.3, 0.4) is 0 Å². The van der Waals surface area contributed by atoms with E-state index in [0.717, 1.165) is 55.1 Å². The van der Waals surface area contributed by atoms with Crippen molar-refractivity contribution in [1.82, 2.24) is 9.97 Å². The smallest absolute Gasteiger partial charge is 0.170 e. The van der Waals surface area contributed by atoms with E-state index in [1.807, 2.05) is 26.8 Å². The van der Waals surface area contributed by atoms with Crippen molar-refractivity contribution < 1.29 is 9.53 Å². The van der Waals surface area contributed by atoms with E-state index in [9.17, 15) is 4.79 Å². The lowest BCUT2D eigenvalue weighted by molar-refractivity contribution is 0.0229. The van der Waals surface area contributed by atoms with Gasteiger partial charge < -0.3 is 9.64 Å². The van der Waals surface area contributed by atoms with Gasteiger partial charge in [0.2, 0.25) is 0 Å². The van der Waals surface area contributed by atoms with Gasteiger partial charge in [-0.25, -0.2) is 9.97 Å². The molecule has 28 heavy (non-hydrogen) atoms. The van der Waals surface area contributed by atoms with Gasteiger partial charge in [-0.05, 0) is 31.0 Å². The summed E-state index contributed by atoms with van der Waals surface area (Å²) in [5, 5.41) is 1.11. The fourth-order valence-corrected chi connectivity index (χ4v) is 4.54. The number of aromatic nitrogens is 2. The van der Waals surface area contributed by atoms with Crippen LogP contribution in [0.4, 0.5) is 5.82 Å². The SMILES string of the molecule is CCc1nc(Cl)cc(N2CCC3(CC2)CC(=O)c2c(cc(C)c(Cl)c2C)O3)n1. The Bertz CT molecular complexity index is 953. The summed E-state index contributed by atoms with van der Waals surface area (Å²) >= 11 is 12.5. The molecule has 148 valence electrons. The summed E-state index contributed by atoms with van der Waals surface area (Å²) in [4.78, 5) is 24.0. The normalized spacial score (nSPS) is 18.2. The summed E-state index contributed by atoms with van der Waals surface area (Å²) in [5.41, 5.74) is 1.93. The van der Waals surface area contributed by atoms with Crippen LogP contribution < -0.4 is 9.64 Å². The van der Waals surface area contributed by atoms with Crippen LogP contribution in [0.25, 0.3) is 0 Å². The lowest BCUT2D eigenvalue weighted by atomic mass is 9.81. The van der Waals surface area contributed by atoms with Crippen LogP contribution in [0.2, 0.25) is 10.2 Å². The first kappa shape index (κ1) is 19.5. The Morgan fingerprint density at radius 3 is 2.57 bits per heavy atom. The van der Waals surface area contributed by atoms with E-state index in [2.05, 4.69) is 14.9 Å². The Balaban J connectivity index is 1.57. The predicted octanol–water partition coefficient (Wildman–Crippen LogP) is 4.97. The summed E-state index contributed by atoms with van der Waals surface area (Å²) in [6.07, 6.45) is 2.63. The number of ether oxygens (including phenoxy) is 1. The number of halogens is 2. The molecule has 2 aliphatic heterocycles. The van der Waals surface area contributed by atoms with Crippen molar-refractivity contribution in [3.8, 4) is 5.75 Å². The van der Waals surface area contributed by atoms with E-state index in [1.54, 1.807) is 6.07 Å². The molecule has 0 atom stereocenters. The van der Waals surface area contributed by atoms with Gasteiger partial charge in [0.05, 0.1) is 12.0 Å². The largest absolute Gasteiger partial charge is 0.486 e. The van der Waals surface area contributed by atoms with E-state index in [4.69, 9.17) is 27.9 Å². The molecule has 1 aromatic carbocycles. The second-order valence-electron chi connectivity index (χ2n) is 7.70. The molecule has 5 nitrogen and oxygen atoms in total. The van der Waals surface area contributed by atoms with Gasteiger partial charge in [-0.2, -0.15) is 0 Å². The van der Waals surface area contributed by atoms with Crippen LogP contribution in [0.15, 0.2) is 12.1 Å². The first-order valence-corrected chi connectivity index (χ1v) is 10.4. The van der Waals surface area contributed by atoms with Gasteiger partial charge in [-0.3, -0.25) is 4.79 Å². The van der Waals surface area contributed by atoms with Crippen molar-refractivity contribution in [3.63, 3.8) is 0 Å². The van der Waals surface area contributed by atoms with Gasteiger partial charge in [-0.15, -0.1) is 0 Å². The molecule has 3 heterocycles. The standard InChI is InChI=1S/C21H23Cl2N3O2/c1-4-17-24-16(22)10-18(25-17)26-7-5-21(6-8-26)11-14(27)19-13(3)20(23)12(2)9-15(19)28-21/h9-10H,4-8,11H2,1-3H3. The fourth-order valence-electron chi connectivity index (χ4n) is 4.19. The average molecular weight is 420 g/mol. The molecule has 0 unspecified atom stereocenters. The summed E-state index contributed by atoms with van der Waals surface area (Å²) in [6.45, 7) is 7.35. The second kappa shape index (κ2) is 7.20. The number of carbonyl (C=O) groups is 1.